The first kappa shape index (κ1) is 16.3. The van der Waals surface area contributed by atoms with Gasteiger partial charge in [-0.2, -0.15) is 0 Å². The van der Waals surface area contributed by atoms with Gasteiger partial charge in [-0.3, -0.25) is 9.59 Å². The topological polar surface area (TPSA) is 92.9 Å². The van der Waals surface area contributed by atoms with Crippen molar-refractivity contribution in [2.24, 2.45) is 5.73 Å². The van der Waals surface area contributed by atoms with Crippen LogP contribution in [0.1, 0.15) is 45.2 Å². The quantitative estimate of drug-likeness (QED) is 0.868. The van der Waals surface area contributed by atoms with Crippen LogP contribution in [0.25, 0.3) is 0 Å². The van der Waals surface area contributed by atoms with Crippen molar-refractivity contribution in [3.8, 4) is 5.75 Å². The number of nitrogens with zero attached hydrogens (tertiary/aromatic N) is 1. The zero-order chi connectivity index (χ0) is 16.5. The van der Waals surface area contributed by atoms with Gasteiger partial charge in [-0.15, -0.1) is 0 Å². The summed E-state index contributed by atoms with van der Waals surface area (Å²) >= 11 is 0. The zero-order valence-corrected chi connectivity index (χ0v) is 13.1. The Labute approximate surface area is 129 Å². The molecule has 6 heteroatoms. The van der Waals surface area contributed by atoms with Crippen molar-refractivity contribution in [1.29, 1.82) is 0 Å². The third kappa shape index (κ3) is 3.06. The van der Waals surface area contributed by atoms with E-state index in [2.05, 4.69) is 0 Å². The highest BCUT2D eigenvalue weighted by molar-refractivity contribution is 6.02. The summed E-state index contributed by atoms with van der Waals surface area (Å²) in [5, 5.41) is 8.90. The van der Waals surface area contributed by atoms with E-state index in [-0.39, 0.29) is 24.9 Å². The fourth-order valence-electron chi connectivity index (χ4n) is 2.48. The molecule has 0 aliphatic carbocycles. The lowest BCUT2D eigenvalue weighted by Gasteiger charge is -2.39. The maximum Gasteiger partial charge on any atom is 0.305 e. The van der Waals surface area contributed by atoms with Gasteiger partial charge in [0.1, 0.15) is 5.75 Å². The van der Waals surface area contributed by atoms with Gasteiger partial charge in [0.2, 0.25) is 0 Å². The summed E-state index contributed by atoms with van der Waals surface area (Å²) in [5.74, 6) is -0.620. The summed E-state index contributed by atoms with van der Waals surface area (Å²) in [4.78, 5) is 24.9. The molecule has 1 aromatic rings. The second-order valence-corrected chi connectivity index (χ2v) is 5.95. The van der Waals surface area contributed by atoms with Gasteiger partial charge >= 0.3 is 5.97 Å². The summed E-state index contributed by atoms with van der Waals surface area (Å²) in [6.45, 7) is 5.45. The minimum absolute atomic E-state index is 0.110. The first-order valence-electron chi connectivity index (χ1n) is 7.38. The van der Waals surface area contributed by atoms with Crippen LogP contribution in [-0.2, 0) is 9.59 Å². The molecule has 3 N–H and O–H groups in total. The Kier molecular flexibility index (Phi) is 4.42. The van der Waals surface area contributed by atoms with E-state index in [1.165, 1.54) is 4.90 Å². The maximum atomic E-state index is 12.5. The molecule has 1 aliphatic heterocycles. The van der Waals surface area contributed by atoms with Crippen LogP contribution in [0.3, 0.4) is 0 Å². The number of carbonyl (C=O) groups is 2. The second-order valence-electron chi connectivity index (χ2n) is 5.95. The Hall–Kier alpha value is -2.08. The molecule has 0 aromatic heterocycles. The number of anilines is 1. The molecule has 2 rings (SSSR count). The summed E-state index contributed by atoms with van der Waals surface area (Å²) in [6.07, 6.45) is 0.652. The van der Waals surface area contributed by atoms with Crippen LogP contribution in [0, 0.1) is 0 Å². The average molecular weight is 306 g/mol. The summed E-state index contributed by atoms with van der Waals surface area (Å²) in [7, 11) is 0. The second kappa shape index (κ2) is 5.96. The highest BCUT2D eigenvalue weighted by Crippen LogP contribution is 2.39. The normalized spacial score (nSPS) is 17.6. The molecule has 1 aliphatic rings. The van der Waals surface area contributed by atoms with E-state index in [4.69, 9.17) is 15.6 Å². The van der Waals surface area contributed by atoms with Crippen LogP contribution in [0.5, 0.6) is 5.75 Å². The lowest BCUT2D eigenvalue weighted by Crippen LogP contribution is -2.53. The Bertz CT molecular complexity index is 598. The molecular weight excluding hydrogens is 284 g/mol. The number of carbonyl (C=O) groups excluding carboxylic acids is 1. The lowest BCUT2D eigenvalue weighted by atomic mass is 9.99. The van der Waals surface area contributed by atoms with Gasteiger partial charge in [0.15, 0.2) is 5.60 Å². The summed E-state index contributed by atoms with van der Waals surface area (Å²) in [6, 6.07) is 5.37. The third-order valence-corrected chi connectivity index (χ3v) is 3.82. The van der Waals surface area contributed by atoms with Crippen molar-refractivity contribution in [2.45, 2.75) is 45.3 Å². The summed E-state index contributed by atoms with van der Waals surface area (Å²) < 4.78 is 5.76. The fourth-order valence-corrected chi connectivity index (χ4v) is 2.48. The van der Waals surface area contributed by atoms with Gasteiger partial charge < -0.3 is 20.5 Å². The van der Waals surface area contributed by atoms with E-state index in [1.54, 1.807) is 19.9 Å². The van der Waals surface area contributed by atoms with Gasteiger partial charge in [-0.25, -0.2) is 0 Å². The molecule has 0 radical (unpaired) electrons. The number of fused-ring (bicyclic) bond motifs is 1. The van der Waals surface area contributed by atoms with E-state index in [9.17, 15) is 9.59 Å². The third-order valence-electron chi connectivity index (χ3n) is 3.82. The van der Waals surface area contributed by atoms with E-state index in [0.717, 1.165) is 12.0 Å². The SMILES string of the molecule is CCC(N)c1ccc2c(c1)N(CCC(=O)O)C(=O)C(C)(C)O2. The molecule has 0 saturated carbocycles. The predicted octanol–water partition coefficient (Wildman–Crippen LogP) is 2.08. The van der Waals surface area contributed by atoms with Crippen LogP contribution in [0.4, 0.5) is 5.69 Å². The highest BCUT2D eigenvalue weighted by Gasteiger charge is 2.41. The van der Waals surface area contributed by atoms with Crippen molar-refractivity contribution in [2.75, 3.05) is 11.4 Å². The molecule has 0 saturated heterocycles. The fraction of sp³-hybridized carbons (Fsp3) is 0.500. The largest absolute Gasteiger partial charge is 0.481 e. The molecule has 1 atom stereocenters. The smallest absolute Gasteiger partial charge is 0.305 e. The van der Waals surface area contributed by atoms with Crippen molar-refractivity contribution in [1.82, 2.24) is 0 Å². The van der Waals surface area contributed by atoms with Gasteiger partial charge in [-0.1, -0.05) is 13.0 Å². The van der Waals surface area contributed by atoms with Crippen LogP contribution >= 0.6 is 0 Å². The molecule has 0 bridgehead atoms. The van der Waals surface area contributed by atoms with E-state index in [1.807, 2.05) is 19.1 Å². The van der Waals surface area contributed by atoms with Crippen molar-refractivity contribution in [3.63, 3.8) is 0 Å². The number of carboxylic acid groups (broad SMARTS) is 1. The predicted molar refractivity (Wildman–Crippen MR) is 83.0 cm³/mol. The monoisotopic (exact) mass is 306 g/mol. The maximum absolute atomic E-state index is 12.5. The number of nitrogens with two attached hydrogens (primary N) is 1. The van der Waals surface area contributed by atoms with E-state index in [0.29, 0.717) is 11.4 Å². The van der Waals surface area contributed by atoms with Gasteiger partial charge in [0, 0.05) is 12.6 Å². The van der Waals surface area contributed by atoms with Crippen LogP contribution in [0.15, 0.2) is 18.2 Å². The number of benzene rings is 1. The van der Waals surface area contributed by atoms with Crippen LogP contribution in [-0.4, -0.2) is 29.1 Å². The minimum Gasteiger partial charge on any atom is -0.481 e. The number of amides is 1. The molecule has 1 heterocycles. The van der Waals surface area contributed by atoms with E-state index < -0.39 is 11.6 Å². The highest BCUT2D eigenvalue weighted by atomic mass is 16.5. The minimum atomic E-state index is -1.01. The molecule has 0 spiro atoms. The van der Waals surface area contributed by atoms with Crippen LogP contribution in [0.2, 0.25) is 0 Å². The molecular formula is C16H22N2O4. The number of carboxylic acids is 1. The molecule has 1 amide bonds. The summed E-state index contributed by atoms with van der Waals surface area (Å²) in [5.41, 5.74) is 6.52. The Balaban J connectivity index is 2.43. The Morgan fingerprint density at radius 3 is 2.73 bits per heavy atom. The van der Waals surface area contributed by atoms with Crippen molar-refractivity contribution < 1.29 is 19.4 Å². The van der Waals surface area contributed by atoms with Crippen molar-refractivity contribution >= 4 is 17.6 Å². The number of aliphatic carboxylic acids is 1. The number of hydrogen-bond acceptors (Lipinski definition) is 4. The number of ether oxygens (including phenoxy) is 1. The lowest BCUT2D eigenvalue weighted by molar-refractivity contribution is -0.137. The molecule has 120 valence electrons. The van der Waals surface area contributed by atoms with Gasteiger partial charge in [0.25, 0.3) is 5.91 Å². The molecule has 0 fully saturated rings. The molecule has 6 nitrogen and oxygen atoms in total. The van der Waals surface area contributed by atoms with Crippen LogP contribution < -0.4 is 15.4 Å². The van der Waals surface area contributed by atoms with Gasteiger partial charge in [0.05, 0.1) is 12.1 Å². The zero-order valence-electron chi connectivity index (χ0n) is 13.1. The molecule has 1 unspecified atom stereocenters. The Morgan fingerprint density at radius 2 is 2.14 bits per heavy atom. The number of hydrogen-bond donors (Lipinski definition) is 2. The molecule has 22 heavy (non-hydrogen) atoms. The van der Waals surface area contributed by atoms with Gasteiger partial charge in [-0.05, 0) is 38.0 Å². The standard InChI is InChI=1S/C16H22N2O4/c1-4-11(17)10-5-6-13-12(9-10)18(8-7-14(19)20)15(21)16(2,3)22-13/h5-6,9,11H,4,7-8,17H2,1-3H3,(H,19,20). The van der Waals surface area contributed by atoms with Crippen molar-refractivity contribution in [3.05, 3.63) is 23.8 Å². The molecule has 1 aromatic carbocycles. The number of rotatable bonds is 5. The average Bonchev–Trinajstić information content (AvgIpc) is 2.46. The first-order valence-corrected chi connectivity index (χ1v) is 7.38. The first-order chi connectivity index (χ1) is 10.3. The Morgan fingerprint density at radius 1 is 1.45 bits per heavy atom. The van der Waals surface area contributed by atoms with E-state index >= 15 is 0 Å².